The number of pyridine rings is 1. The second-order valence-corrected chi connectivity index (χ2v) is 3.95. The lowest BCUT2D eigenvalue weighted by molar-refractivity contribution is 0.0695. The fourth-order valence-corrected chi connectivity index (χ4v) is 1.91. The minimum absolute atomic E-state index is 0.209. The van der Waals surface area contributed by atoms with E-state index in [0.717, 1.165) is 0 Å². The zero-order valence-electron chi connectivity index (χ0n) is 10.7. The maximum absolute atomic E-state index is 11.3. The first-order valence-corrected chi connectivity index (χ1v) is 5.48. The Bertz CT molecular complexity index is 666. The monoisotopic (exact) mass is 263 g/mol. The van der Waals surface area contributed by atoms with Crippen LogP contribution >= 0.6 is 0 Å². The van der Waals surface area contributed by atoms with Gasteiger partial charge in [0.1, 0.15) is 22.6 Å². The average molecular weight is 263 g/mol. The number of carboxylic acids is 1. The molecule has 1 heterocycles. The van der Waals surface area contributed by atoms with Gasteiger partial charge in [0.2, 0.25) is 0 Å². The first kappa shape index (κ1) is 12.9. The van der Waals surface area contributed by atoms with Crippen LogP contribution in [0.2, 0.25) is 0 Å². The summed E-state index contributed by atoms with van der Waals surface area (Å²) in [6.07, 6.45) is 0. The van der Waals surface area contributed by atoms with Gasteiger partial charge in [0.25, 0.3) is 0 Å². The molecule has 0 saturated carbocycles. The SMILES string of the molecule is COc1cc(OC)c2nc(C)c(O)c(C(=O)O)c2c1. The summed E-state index contributed by atoms with van der Waals surface area (Å²) >= 11 is 0. The summed E-state index contributed by atoms with van der Waals surface area (Å²) in [5.41, 5.74) is 0.393. The van der Waals surface area contributed by atoms with Crippen LogP contribution in [0, 0.1) is 6.92 Å². The van der Waals surface area contributed by atoms with Crippen LogP contribution in [0.5, 0.6) is 17.2 Å². The number of aryl methyl sites for hydroxylation is 1. The quantitative estimate of drug-likeness (QED) is 0.880. The van der Waals surface area contributed by atoms with E-state index in [1.807, 2.05) is 0 Å². The van der Waals surface area contributed by atoms with Crippen LogP contribution in [0.15, 0.2) is 12.1 Å². The first-order valence-electron chi connectivity index (χ1n) is 5.48. The lowest BCUT2D eigenvalue weighted by Gasteiger charge is -2.12. The fraction of sp³-hybridized carbons (Fsp3) is 0.231. The molecule has 6 nitrogen and oxygen atoms in total. The molecule has 2 N–H and O–H groups in total. The molecule has 0 aliphatic carbocycles. The third-order valence-corrected chi connectivity index (χ3v) is 2.85. The van der Waals surface area contributed by atoms with Crippen molar-refractivity contribution in [1.82, 2.24) is 4.98 Å². The molecule has 0 atom stereocenters. The lowest BCUT2D eigenvalue weighted by atomic mass is 10.1. The van der Waals surface area contributed by atoms with Crippen molar-refractivity contribution >= 4 is 16.9 Å². The van der Waals surface area contributed by atoms with Crippen molar-refractivity contribution in [2.45, 2.75) is 6.92 Å². The Balaban J connectivity index is 2.97. The molecular weight excluding hydrogens is 250 g/mol. The smallest absolute Gasteiger partial charge is 0.340 e. The van der Waals surface area contributed by atoms with Gasteiger partial charge in [0, 0.05) is 11.5 Å². The number of carbonyl (C=O) groups is 1. The molecule has 0 radical (unpaired) electrons. The van der Waals surface area contributed by atoms with E-state index in [1.54, 1.807) is 6.07 Å². The second kappa shape index (κ2) is 4.64. The van der Waals surface area contributed by atoms with E-state index in [9.17, 15) is 15.0 Å². The number of aromatic hydroxyl groups is 1. The van der Waals surface area contributed by atoms with E-state index in [-0.39, 0.29) is 22.4 Å². The number of methoxy groups -OCH3 is 2. The van der Waals surface area contributed by atoms with E-state index >= 15 is 0 Å². The summed E-state index contributed by atoms with van der Waals surface area (Å²) < 4.78 is 10.3. The zero-order chi connectivity index (χ0) is 14.2. The largest absolute Gasteiger partial charge is 0.505 e. The van der Waals surface area contributed by atoms with Gasteiger partial charge in [-0.25, -0.2) is 9.78 Å². The maximum Gasteiger partial charge on any atom is 0.340 e. The molecule has 19 heavy (non-hydrogen) atoms. The van der Waals surface area contributed by atoms with Gasteiger partial charge in [-0.3, -0.25) is 0 Å². The minimum Gasteiger partial charge on any atom is -0.505 e. The molecule has 0 saturated heterocycles. The number of aromatic nitrogens is 1. The summed E-state index contributed by atoms with van der Waals surface area (Å²) in [6, 6.07) is 3.12. The summed E-state index contributed by atoms with van der Waals surface area (Å²) in [5, 5.41) is 19.4. The number of hydrogen-bond acceptors (Lipinski definition) is 5. The Kier molecular flexibility index (Phi) is 3.16. The molecule has 0 aliphatic heterocycles. The summed E-state index contributed by atoms with van der Waals surface area (Å²) in [6.45, 7) is 1.53. The molecule has 1 aromatic heterocycles. The second-order valence-electron chi connectivity index (χ2n) is 3.95. The fourth-order valence-electron chi connectivity index (χ4n) is 1.91. The lowest BCUT2D eigenvalue weighted by Crippen LogP contribution is -2.03. The molecule has 0 fully saturated rings. The molecule has 1 aromatic carbocycles. The van der Waals surface area contributed by atoms with Crippen LogP contribution in [0.1, 0.15) is 16.1 Å². The molecule has 0 bridgehead atoms. The third kappa shape index (κ3) is 2.01. The van der Waals surface area contributed by atoms with E-state index in [4.69, 9.17) is 9.47 Å². The number of ether oxygens (including phenoxy) is 2. The Morgan fingerprint density at radius 1 is 1.26 bits per heavy atom. The summed E-state index contributed by atoms with van der Waals surface area (Å²) in [4.78, 5) is 15.5. The highest BCUT2D eigenvalue weighted by Crippen LogP contribution is 2.36. The van der Waals surface area contributed by atoms with Gasteiger partial charge < -0.3 is 19.7 Å². The highest BCUT2D eigenvalue weighted by Gasteiger charge is 2.21. The number of rotatable bonds is 3. The summed E-state index contributed by atoms with van der Waals surface area (Å²) in [7, 11) is 2.92. The molecular formula is C13H13NO5. The number of carboxylic acid groups (broad SMARTS) is 1. The standard InChI is InChI=1S/C13H13NO5/c1-6-12(15)10(13(16)17)8-4-7(18-2)5-9(19-3)11(8)14-6/h4-5,15H,1-3H3,(H,16,17). The predicted octanol–water partition coefficient (Wildman–Crippen LogP) is 1.96. The molecule has 0 spiro atoms. The van der Waals surface area contributed by atoms with Gasteiger partial charge in [-0.15, -0.1) is 0 Å². The highest BCUT2D eigenvalue weighted by atomic mass is 16.5. The molecule has 0 amide bonds. The van der Waals surface area contributed by atoms with Crippen LogP contribution in [0.25, 0.3) is 10.9 Å². The number of aromatic carboxylic acids is 1. The maximum atomic E-state index is 11.3. The number of nitrogens with zero attached hydrogens (tertiary/aromatic N) is 1. The number of hydrogen-bond donors (Lipinski definition) is 2. The average Bonchev–Trinajstić information content (AvgIpc) is 2.38. The van der Waals surface area contributed by atoms with Gasteiger partial charge in [-0.2, -0.15) is 0 Å². The molecule has 6 heteroatoms. The van der Waals surface area contributed by atoms with E-state index in [0.29, 0.717) is 17.0 Å². The van der Waals surface area contributed by atoms with E-state index < -0.39 is 5.97 Å². The van der Waals surface area contributed by atoms with Gasteiger partial charge in [0.05, 0.1) is 19.9 Å². The Morgan fingerprint density at radius 2 is 1.95 bits per heavy atom. The minimum atomic E-state index is -1.23. The van der Waals surface area contributed by atoms with Crippen molar-refractivity contribution in [3.8, 4) is 17.2 Å². The Labute approximate surface area is 109 Å². The topological polar surface area (TPSA) is 88.9 Å². The van der Waals surface area contributed by atoms with Crippen LogP contribution in [0.4, 0.5) is 0 Å². The van der Waals surface area contributed by atoms with Crippen molar-refractivity contribution in [3.63, 3.8) is 0 Å². The first-order chi connectivity index (χ1) is 8.99. The number of fused-ring (bicyclic) bond motifs is 1. The van der Waals surface area contributed by atoms with Crippen molar-refractivity contribution in [3.05, 3.63) is 23.4 Å². The van der Waals surface area contributed by atoms with Crippen molar-refractivity contribution < 1.29 is 24.5 Å². The normalized spacial score (nSPS) is 10.5. The molecule has 0 unspecified atom stereocenters. The summed E-state index contributed by atoms with van der Waals surface area (Å²) in [5.74, 6) is -0.768. The van der Waals surface area contributed by atoms with Crippen molar-refractivity contribution in [2.75, 3.05) is 14.2 Å². The van der Waals surface area contributed by atoms with Gasteiger partial charge in [-0.05, 0) is 13.0 Å². The Hall–Kier alpha value is -2.50. The zero-order valence-corrected chi connectivity index (χ0v) is 10.7. The van der Waals surface area contributed by atoms with E-state index in [1.165, 1.54) is 27.2 Å². The van der Waals surface area contributed by atoms with E-state index in [2.05, 4.69) is 4.98 Å². The number of benzene rings is 1. The Morgan fingerprint density at radius 3 is 2.47 bits per heavy atom. The van der Waals surface area contributed by atoms with Gasteiger partial charge >= 0.3 is 5.97 Å². The van der Waals surface area contributed by atoms with Gasteiger partial charge in [0.15, 0.2) is 5.75 Å². The van der Waals surface area contributed by atoms with Crippen LogP contribution in [0.3, 0.4) is 0 Å². The molecule has 2 rings (SSSR count). The van der Waals surface area contributed by atoms with Crippen LogP contribution in [-0.2, 0) is 0 Å². The van der Waals surface area contributed by atoms with Crippen LogP contribution in [-0.4, -0.2) is 35.4 Å². The molecule has 0 aliphatic rings. The van der Waals surface area contributed by atoms with Crippen LogP contribution < -0.4 is 9.47 Å². The van der Waals surface area contributed by atoms with Crippen molar-refractivity contribution in [1.29, 1.82) is 0 Å². The van der Waals surface area contributed by atoms with Gasteiger partial charge in [-0.1, -0.05) is 0 Å². The highest BCUT2D eigenvalue weighted by molar-refractivity contribution is 6.07. The molecule has 100 valence electrons. The third-order valence-electron chi connectivity index (χ3n) is 2.85. The van der Waals surface area contributed by atoms with Crippen molar-refractivity contribution in [2.24, 2.45) is 0 Å². The predicted molar refractivity (Wildman–Crippen MR) is 68.2 cm³/mol. The molecule has 2 aromatic rings.